The first-order chi connectivity index (χ1) is 20.9. The number of nitrogens with one attached hydrogen (secondary N) is 1. The van der Waals surface area contributed by atoms with Crippen LogP contribution in [0.15, 0.2) is 65.7 Å². The Hall–Kier alpha value is -2.51. The summed E-state index contributed by atoms with van der Waals surface area (Å²) >= 11 is 2.18. The smallest absolute Gasteiger partial charge is 0.275 e. The highest BCUT2D eigenvalue weighted by molar-refractivity contribution is 14.2. The van der Waals surface area contributed by atoms with Gasteiger partial charge in [-0.15, -0.1) is 0 Å². The number of hydrogen-bond donors (Lipinski definition) is 3. The zero-order valence-electron chi connectivity index (χ0n) is 25.6. The predicted molar refractivity (Wildman–Crippen MR) is 194 cm³/mol. The van der Waals surface area contributed by atoms with Gasteiger partial charge in [-0.1, -0.05) is 27.3 Å². The quantitative estimate of drug-likeness (QED) is 0.176. The van der Waals surface area contributed by atoms with Crippen LogP contribution in [-0.4, -0.2) is 52.0 Å². The molecule has 240 valence electrons. The Morgan fingerprint density at radius 1 is 1.02 bits per heavy atom. The molecular weight excluding hydrogens is 687 g/mol. The fourth-order valence-electron chi connectivity index (χ4n) is 6.08. The molecule has 1 spiro atoms. The molecular formula is C34H47IN4O4S. The van der Waals surface area contributed by atoms with Gasteiger partial charge >= 0.3 is 0 Å². The van der Waals surface area contributed by atoms with Gasteiger partial charge in [0.25, 0.3) is 5.56 Å². The highest BCUT2D eigenvalue weighted by Crippen LogP contribution is 2.42. The standard InChI is InChI=1S/C30H33IN4O3S.C2H6.CH4O.CH4/c1-20(36)21-3-8-27(25(17-21)26-18-33(2)29(37)28-24(26)9-15-35(28)39-31)38-23-6-4-22(5-7-23)34-16-12-30(19-34)10-13-32-14-11-30;2*1-2;/h3-9,15,17-18,20,32,36H,10-14,16,19H2,1-2H3;1-2H3;2H,1H3;1H4. The lowest BCUT2D eigenvalue weighted by molar-refractivity contribution is 0.199. The fourth-order valence-corrected chi connectivity index (χ4v) is 7.42. The third kappa shape index (κ3) is 7.47. The molecule has 1 atom stereocenters. The van der Waals surface area contributed by atoms with Crippen LogP contribution in [0.4, 0.5) is 5.69 Å². The topological polar surface area (TPSA) is 91.9 Å². The van der Waals surface area contributed by atoms with Crippen molar-refractivity contribution in [1.82, 2.24) is 13.9 Å². The Balaban J connectivity index is 0.00000102. The number of aliphatic hydroxyl groups excluding tert-OH is 2. The van der Waals surface area contributed by atoms with Crippen molar-refractivity contribution in [2.45, 2.75) is 53.6 Å². The number of aliphatic hydroxyl groups is 2. The molecule has 8 nitrogen and oxygen atoms in total. The average Bonchev–Trinajstić information content (AvgIpc) is 3.67. The van der Waals surface area contributed by atoms with Crippen LogP contribution in [0.25, 0.3) is 22.0 Å². The molecule has 0 bridgehead atoms. The maximum atomic E-state index is 13.0. The second-order valence-corrected chi connectivity index (χ2v) is 12.6. The van der Waals surface area contributed by atoms with E-state index in [1.807, 2.05) is 66.6 Å². The minimum atomic E-state index is -0.627. The van der Waals surface area contributed by atoms with Crippen LogP contribution in [0.3, 0.4) is 0 Å². The molecule has 1 unspecified atom stereocenters. The molecule has 2 aliphatic heterocycles. The maximum Gasteiger partial charge on any atom is 0.275 e. The van der Waals surface area contributed by atoms with E-state index in [1.54, 1.807) is 18.5 Å². The average molecular weight is 735 g/mol. The predicted octanol–water partition coefficient (Wildman–Crippen LogP) is 7.55. The summed E-state index contributed by atoms with van der Waals surface area (Å²) in [5.41, 5.74) is 4.77. The summed E-state index contributed by atoms with van der Waals surface area (Å²) < 4.78 is 9.96. The van der Waals surface area contributed by atoms with Crippen molar-refractivity contribution in [3.05, 3.63) is 76.8 Å². The van der Waals surface area contributed by atoms with Gasteiger partial charge in [-0.3, -0.25) is 8.77 Å². The zero-order valence-corrected chi connectivity index (χ0v) is 28.6. The molecule has 3 N–H and O–H groups in total. The normalized spacial score (nSPS) is 16.0. The highest BCUT2D eigenvalue weighted by Gasteiger charge is 2.38. The van der Waals surface area contributed by atoms with E-state index in [4.69, 9.17) is 9.84 Å². The molecule has 0 saturated carbocycles. The lowest BCUT2D eigenvalue weighted by atomic mass is 9.78. The number of anilines is 1. The largest absolute Gasteiger partial charge is 0.457 e. The zero-order chi connectivity index (χ0) is 31.1. The summed E-state index contributed by atoms with van der Waals surface area (Å²) in [7, 11) is 4.23. The van der Waals surface area contributed by atoms with Crippen LogP contribution in [-0.2, 0) is 7.05 Å². The number of fused-ring (bicyclic) bond motifs is 1. The van der Waals surface area contributed by atoms with Gasteiger partial charge in [-0.25, -0.2) is 0 Å². The SMILES string of the molecule is C.CC.CC(O)c1ccc(Oc2ccc(N3CCC4(CCNCC4)C3)cc2)c(-c2cn(C)c(=O)c3c2ccn3SI)c1.CO. The summed E-state index contributed by atoms with van der Waals surface area (Å²) in [5.74, 6) is 1.43. The monoisotopic (exact) mass is 734 g/mol. The number of aromatic nitrogens is 2. The van der Waals surface area contributed by atoms with Crippen molar-refractivity contribution in [3.8, 4) is 22.6 Å². The van der Waals surface area contributed by atoms with Gasteiger partial charge in [-0.05, 0) is 92.7 Å². The van der Waals surface area contributed by atoms with E-state index in [1.165, 1.54) is 34.1 Å². The number of benzene rings is 2. The molecule has 4 heterocycles. The fraction of sp³-hybridized carbons (Fsp3) is 0.441. The van der Waals surface area contributed by atoms with Gasteiger partial charge in [0.1, 0.15) is 17.0 Å². The molecule has 44 heavy (non-hydrogen) atoms. The molecule has 0 aliphatic carbocycles. The van der Waals surface area contributed by atoms with E-state index in [2.05, 4.69) is 43.6 Å². The summed E-state index contributed by atoms with van der Waals surface area (Å²) in [6, 6.07) is 16.1. The van der Waals surface area contributed by atoms with E-state index >= 15 is 0 Å². The molecule has 2 saturated heterocycles. The third-order valence-corrected chi connectivity index (χ3v) is 10.1. The molecule has 0 amide bonds. The van der Waals surface area contributed by atoms with Crippen LogP contribution in [0, 0.1) is 5.41 Å². The third-order valence-electron chi connectivity index (χ3n) is 8.37. The molecule has 2 aliphatic rings. The van der Waals surface area contributed by atoms with Crippen molar-refractivity contribution in [1.29, 1.82) is 0 Å². The maximum absolute atomic E-state index is 13.0. The molecule has 2 aromatic heterocycles. The van der Waals surface area contributed by atoms with Gasteiger partial charge in [0, 0.05) is 92.2 Å². The lowest BCUT2D eigenvalue weighted by Crippen LogP contribution is -2.38. The summed E-state index contributed by atoms with van der Waals surface area (Å²) in [5, 5.41) is 21.7. The lowest BCUT2D eigenvalue weighted by Gasteiger charge is -2.34. The Morgan fingerprint density at radius 3 is 2.34 bits per heavy atom. The van der Waals surface area contributed by atoms with Crippen molar-refractivity contribution in [2.75, 3.05) is 38.2 Å². The number of hydrogen-bond acceptors (Lipinski definition) is 7. The highest BCUT2D eigenvalue weighted by atomic mass is 127. The minimum absolute atomic E-state index is 0. The summed E-state index contributed by atoms with van der Waals surface area (Å²) in [6.45, 7) is 10.2. The molecule has 10 heteroatoms. The van der Waals surface area contributed by atoms with Crippen molar-refractivity contribution >= 4 is 46.9 Å². The van der Waals surface area contributed by atoms with Gasteiger partial charge in [0.2, 0.25) is 0 Å². The van der Waals surface area contributed by atoms with Crippen LogP contribution in [0.5, 0.6) is 11.5 Å². The Labute approximate surface area is 278 Å². The van der Waals surface area contributed by atoms with Gasteiger partial charge in [0.05, 0.1) is 6.10 Å². The number of ether oxygens (including phenoxy) is 1. The number of rotatable bonds is 6. The number of aryl methyl sites for hydroxylation is 1. The van der Waals surface area contributed by atoms with Crippen LogP contribution in [0.2, 0.25) is 0 Å². The van der Waals surface area contributed by atoms with Crippen LogP contribution < -0.4 is 20.5 Å². The van der Waals surface area contributed by atoms with Gasteiger partial charge in [0.15, 0.2) is 0 Å². The minimum Gasteiger partial charge on any atom is -0.457 e. The second kappa shape index (κ2) is 16.2. The summed E-state index contributed by atoms with van der Waals surface area (Å²) in [4.78, 5) is 15.5. The van der Waals surface area contributed by atoms with E-state index < -0.39 is 6.10 Å². The van der Waals surface area contributed by atoms with Gasteiger partial charge in [-0.2, -0.15) is 0 Å². The first kappa shape index (κ1) is 36.0. The first-order valence-electron chi connectivity index (χ1n) is 14.9. The number of pyridine rings is 1. The first-order valence-corrected chi connectivity index (χ1v) is 18.2. The van der Waals surface area contributed by atoms with E-state index in [-0.39, 0.29) is 13.0 Å². The summed E-state index contributed by atoms with van der Waals surface area (Å²) in [6.07, 6.45) is 6.92. The number of nitrogens with zero attached hydrogens (tertiary/aromatic N) is 3. The second-order valence-electron chi connectivity index (χ2n) is 10.9. The number of halogens is 1. The van der Waals surface area contributed by atoms with E-state index in [0.29, 0.717) is 16.7 Å². The van der Waals surface area contributed by atoms with Crippen molar-refractivity contribution in [2.24, 2.45) is 12.5 Å². The van der Waals surface area contributed by atoms with Crippen molar-refractivity contribution in [3.63, 3.8) is 0 Å². The molecule has 6 rings (SSSR count). The van der Waals surface area contributed by atoms with Gasteiger partial charge < -0.3 is 29.7 Å². The van der Waals surface area contributed by atoms with Crippen LogP contribution >= 0.6 is 30.3 Å². The molecule has 4 aromatic rings. The number of piperidine rings is 1. The van der Waals surface area contributed by atoms with Crippen molar-refractivity contribution < 1.29 is 14.9 Å². The molecule has 0 radical (unpaired) electrons. The van der Waals surface area contributed by atoms with E-state index in [0.717, 1.165) is 61.1 Å². The molecule has 2 aromatic carbocycles. The Kier molecular flexibility index (Phi) is 13.2. The Morgan fingerprint density at radius 2 is 1.70 bits per heavy atom. The Bertz CT molecular complexity index is 1560. The van der Waals surface area contributed by atoms with Crippen LogP contribution in [0.1, 0.15) is 59.1 Å². The molecule has 2 fully saturated rings. The van der Waals surface area contributed by atoms with E-state index in [9.17, 15) is 9.90 Å².